The van der Waals surface area contributed by atoms with Gasteiger partial charge in [0, 0.05) is 5.56 Å². The molecular weight excluding hydrogens is 289 g/mol. The van der Waals surface area contributed by atoms with Crippen LogP contribution in [0.3, 0.4) is 0 Å². The van der Waals surface area contributed by atoms with Crippen LogP contribution in [0.5, 0.6) is 0 Å². The van der Waals surface area contributed by atoms with Gasteiger partial charge >= 0.3 is 6.09 Å². The van der Waals surface area contributed by atoms with Crippen LogP contribution in [-0.2, 0) is 4.74 Å². The summed E-state index contributed by atoms with van der Waals surface area (Å²) in [4.78, 5) is 17.0. The Kier molecular flexibility index (Phi) is 3.64. The standard InChI is InChI=1S/C15H14FN3O3/c16-12-6-9(19-7-10(8-20)22-15(19)21)4-5-11(12)13-2-1-3-14(17)18-13/h1-6,10,20H,7-8H2,(H2,17,18)/t10-/m1/s1. The number of nitrogen functional groups attached to an aromatic ring is 1. The lowest BCUT2D eigenvalue weighted by molar-refractivity contribution is 0.0963. The Bertz CT molecular complexity index is 723. The van der Waals surface area contributed by atoms with Crippen LogP contribution < -0.4 is 10.6 Å². The quantitative estimate of drug-likeness (QED) is 0.902. The third kappa shape index (κ3) is 2.58. The largest absolute Gasteiger partial charge is 0.441 e. The van der Waals surface area contributed by atoms with Gasteiger partial charge in [-0.3, -0.25) is 4.90 Å². The number of aromatic nitrogens is 1. The first-order valence-electron chi connectivity index (χ1n) is 6.70. The molecule has 2 aromatic rings. The number of aliphatic hydroxyl groups is 1. The number of ether oxygens (including phenoxy) is 1. The van der Waals surface area contributed by atoms with Crippen LogP contribution in [0.25, 0.3) is 11.3 Å². The summed E-state index contributed by atoms with van der Waals surface area (Å²) in [6.45, 7) is -0.0827. The minimum absolute atomic E-state index is 0.185. The number of anilines is 2. The van der Waals surface area contributed by atoms with Gasteiger partial charge in [-0.05, 0) is 30.3 Å². The summed E-state index contributed by atoms with van der Waals surface area (Å²) in [5, 5.41) is 9.02. The Balaban J connectivity index is 1.91. The molecule has 7 heteroatoms. The average Bonchev–Trinajstić information content (AvgIpc) is 2.88. The molecule has 1 aliphatic heterocycles. The maximum Gasteiger partial charge on any atom is 0.414 e. The van der Waals surface area contributed by atoms with Crippen LogP contribution in [0.2, 0.25) is 0 Å². The normalized spacial score (nSPS) is 17.6. The van der Waals surface area contributed by atoms with Crippen LogP contribution in [-0.4, -0.2) is 35.4 Å². The number of nitrogens with two attached hydrogens (primary N) is 1. The van der Waals surface area contributed by atoms with Crippen molar-refractivity contribution in [3.63, 3.8) is 0 Å². The lowest BCUT2D eigenvalue weighted by atomic mass is 10.1. The second kappa shape index (κ2) is 5.61. The third-order valence-electron chi connectivity index (χ3n) is 3.39. The molecule has 0 aliphatic carbocycles. The minimum atomic E-state index is -0.603. The second-order valence-corrected chi connectivity index (χ2v) is 4.91. The Morgan fingerprint density at radius 1 is 1.41 bits per heavy atom. The summed E-state index contributed by atoms with van der Waals surface area (Å²) in [6, 6.07) is 9.33. The Morgan fingerprint density at radius 2 is 2.23 bits per heavy atom. The van der Waals surface area contributed by atoms with E-state index in [9.17, 15) is 9.18 Å². The molecule has 3 rings (SSSR count). The lowest BCUT2D eigenvalue weighted by Crippen LogP contribution is -2.25. The molecule has 0 spiro atoms. The number of carbonyl (C=O) groups is 1. The number of aliphatic hydroxyl groups excluding tert-OH is 1. The predicted molar refractivity (Wildman–Crippen MR) is 78.7 cm³/mol. The van der Waals surface area contributed by atoms with Crippen molar-refractivity contribution in [2.24, 2.45) is 0 Å². The zero-order valence-electron chi connectivity index (χ0n) is 11.6. The van der Waals surface area contributed by atoms with Crippen LogP contribution in [0.4, 0.5) is 20.7 Å². The lowest BCUT2D eigenvalue weighted by Gasteiger charge is -2.14. The van der Waals surface area contributed by atoms with Crippen molar-refractivity contribution < 1.29 is 19.0 Å². The van der Waals surface area contributed by atoms with E-state index in [1.165, 1.54) is 17.0 Å². The summed E-state index contributed by atoms with van der Waals surface area (Å²) in [6.07, 6.45) is -1.20. The van der Waals surface area contributed by atoms with Gasteiger partial charge in [0.05, 0.1) is 24.5 Å². The topological polar surface area (TPSA) is 88.7 Å². The highest BCUT2D eigenvalue weighted by atomic mass is 19.1. The highest BCUT2D eigenvalue weighted by Crippen LogP contribution is 2.28. The van der Waals surface area contributed by atoms with E-state index in [2.05, 4.69) is 4.98 Å². The van der Waals surface area contributed by atoms with Gasteiger partial charge in [0.1, 0.15) is 17.7 Å². The molecule has 0 radical (unpaired) electrons. The van der Waals surface area contributed by atoms with E-state index in [1.807, 2.05) is 0 Å². The van der Waals surface area contributed by atoms with E-state index in [4.69, 9.17) is 15.6 Å². The van der Waals surface area contributed by atoms with Crippen molar-refractivity contribution in [3.8, 4) is 11.3 Å². The molecule has 6 nitrogen and oxygen atoms in total. The number of halogens is 1. The van der Waals surface area contributed by atoms with E-state index in [1.54, 1.807) is 24.3 Å². The number of carbonyl (C=O) groups excluding carboxylic acids is 1. The predicted octanol–water partition coefficient (Wildman–Crippen LogP) is 1.79. The highest BCUT2D eigenvalue weighted by molar-refractivity contribution is 5.90. The highest BCUT2D eigenvalue weighted by Gasteiger charge is 2.32. The number of benzene rings is 1. The van der Waals surface area contributed by atoms with Crippen molar-refractivity contribution in [3.05, 3.63) is 42.2 Å². The molecule has 0 unspecified atom stereocenters. The molecule has 1 aromatic carbocycles. The molecular formula is C15H14FN3O3. The number of rotatable bonds is 3. The van der Waals surface area contributed by atoms with Crippen LogP contribution in [0.1, 0.15) is 0 Å². The summed E-state index contributed by atoms with van der Waals surface area (Å²) in [5.41, 5.74) is 6.68. The average molecular weight is 303 g/mol. The number of hydrogen-bond donors (Lipinski definition) is 2. The van der Waals surface area contributed by atoms with Crippen molar-refractivity contribution >= 4 is 17.6 Å². The first-order valence-corrected chi connectivity index (χ1v) is 6.70. The Morgan fingerprint density at radius 3 is 2.86 bits per heavy atom. The van der Waals surface area contributed by atoms with Crippen LogP contribution in [0, 0.1) is 5.82 Å². The fourth-order valence-electron chi connectivity index (χ4n) is 2.31. The van der Waals surface area contributed by atoms with Gasteiger partial charge in [0.15, 0.2) is 0 Å². The zero-order chi connectivity index (χ0) is 15.7. The molecule has 114 valence electrons. The number of pyridine rings is 1. The fourth-order valence-corrected chi connectivity index (χ4v) is 2.31. The molecule has 3 N–H and O–H groups in total. The van der Waals surface area contributed by atoms with Gasteiger partial charge in [0.25, 0.3) is 0 Å². The molecule has 22 heavy (non-hydrogen) atoms. The molecule has 0 bridgehead atoms. The zero-order valence-corrected chi connectivity index (χ0v) is 11.6. The molecule has 1 amide bonds. The van der Waals surface area contributed by atoms with E-state index in [-0.39, 0.29) is 13.2 Å². The smallest absolute Gasteiger partial charge is 0.414 e. The first-order chi connectivity index (χ1) is 10.6. The number of amides is 1. The van der Waals surface area contributed by atoms with Gasteiger partial charge in [-0.25, -0.2) is 14.2 Å². The van der Waals surface area contributed by atoms with E-state index in [0.717, 1.165) is 0 Å². The summed E-state index contributed by atoms with van der Waals surface area (Å²) in [7, 11) is 0. The molecule has 1 aromatic heterocycles. The first kappa shape index (κ1) is 14.3. The van der Waals surface area contributed by atoms with E-state index >= 15 is 0 Å². The maximum absolute atomic E-state index is 14.3. The summed E-state index contributed by atoms with van der Waals surface area (Å²) in [5.74, 6) is -0.217. The number of nitrogens with zero attached hydrogens (tertiary/aromatic N) is 2. The summed E-state index contributed by atoms with van der Waals surface area (Å²) >= 11 is 0. The van der Waals surface area contributed by atoms with Crippen molar-refractivity contribution in [2.45, 2.75) is 6.10 Å². The minimum Gasteiger partial charge on any atom is -0.441 e. The monoisotopic (exact) mass is 303 g/mol. The van der Waals surface area contributed by atoms with Gasteiger partial charge in [-0.1, -0.05) is 6.07 Å². The van der Waals surface area contributed by atoms with Gasteiger partial charge in [-0.2, -0.15) is 0 Å². The van der Waals surface area contributed by atoms with Crippen molar-refractivity contribution in [1.29, 1.82) is 0 Å². The van der Waals surface area contributed by atoms with Crippen molar-refractivity contribution in [1.82, 2.24) is 4.98 Å². The molecule has 0 saturated carbocycles. The van der Waals surface area contributed by atoms with Gasteiger partial charge in [-0.15, -0.1) is 0 Å². The van der Waals surface area contributed by atoms with Crippen LogP contribution in [0.15, 0.2) is 36.4 Å². The van der Waals surface area contributed by atoms with E-state index < -0.39 is 18.0 Å². The Labute approximate surface area is 125 Å². The third-order valence-corrected chi connectivity index (χ3v) is 3.39. The molecule has 1 saturated heterocycles. The SMILES string of the molecule is Nc1cccc(-c2ccc(N3C[C@H](CO)OC3=O)cc2F)n1. The second-order valence-electron chi connectivity index (χ2n) is 4.91. The fraction of sp³-hybridized carbons (Fsp3) is 0.200. The molecule has 2 heterocycles. The number of cyclic esters (lactones) is 1. The molecule has 1 atom stereocenters. The van der Waals surface area contributed by atoms with E-state index in [0.29, 0.717) is 22.8 Å². The number of hydrogen-bond acceptors (Lipinski definition) is 5. The Hall–Kier alpha value is -2.67. The maximum atomic E-state index is 14.3. The van der Waals surface area contributed by atoms with Gasteiger partial charge < -0.3 is 15.6 Å². The van der Waals surface area contributed by atoms with Crippen LogP contribution >= 0.6 is 0 Å². The molecule has 1 aliphatic rings. The molecule has 1 fully saturated rings. The summed E-state index contributed by atoms with van der Waals surface area (Å²) < 4.78 is 19.3. The van der Waals surface area contributed by atoms with Gasteiger partial charge in [0.2, 0.25) is 0 Å². The van der Waals surface area contributed by atoms with Crippen molar-refractivity contribution in [2.75, 3.05) is 23.8 Å².